The minimum Gasteiger partial charge on any atom is -0.365 e. The van der Waals surface area contributed by atoms with E-state index < -0.39 is 47.7 Å². The molecule has 1 unspecified atom stereocenters. The van der Waals surface area contributed by atoms with Gasteiger partial charge in [-0.25, -0.2) is 23.1 Å². The van der Waals surface area contributed by atoms with Gasteiger partial charge < -0.3 is 24.8 Å². The maximum atomic E-state index is 14.8. The van der Waals surface area contributed by atoms with Crippen LogP contribution in [0.5, 0.6) is 0 Å². The number of benzene rings is 1. The first kappa shape index (κ1) is 25.8. The number of carbonyl (C=O) groups is 1. The van der Waals surface area contributed by atoms with Crippen LogP contribution in [0.25, 0.3) is 0 Å². The van der Waals surface area contributed by atoms with E-state index >= 15 is 0 Å². The number of carbonyl (C=O) groups excluding carboxylic acids is 1. The molecule has 12 heteroatoms. The predicted octanol–water partition coefficient (Wildman–Crippen LogP) is 3.94. The van der Waals surface area contributed by atoms with Crippen molar-refractivity contribution in [2.24, 2.45) is 0 Å². The maximum absolute atomic E-state index is 14.8. The number of methoxy groups -OCH3 is 1. The number of aromatic nitrogens is 2. The molecular weight excluding hydrogens is 479 g/mol. The van der Waals surface area contributed by atoms with Crippen molar-refractivity contribution >= 4 is 11.7 Å². The molecule has 0 spiro atoms. The molecule has 192 valence electrons. The molecule has 2 N–H and O–H groups in total. The fraction of sp³-hybridized carbons (Fsp3) is 0.500. The van der Waals surface area contributed by atoms with Gasteiger partial charge in [-0.1, -0.05) is 18.2 Å². The highest BCUT2D eigenvalue weighted by Gasteiger charge is 2.46. The van der Waals surface area contributed by atoms with Crippen molar-refractivity contribution in [3.63, 3.8) is 0 Å². The molecule has 0 bridgehead atoms. The van der Waals surface area contributed by atoms with Crippen molar-refractivity contribution in [2.45, 2.75) is 57.1 Å². The smallest absolute Gasteiger partial charge is 0.266 e. The first-order valence-corrected chi connectivity index (χ1v) is 11.4. The van der Waals surface area contributed by atoms with Gasteiger partial charge in [0.1, 0.15) is 23.0 Å². The van der Waals surface area contributed by atoms with E-state index in [1.807, 2.05) is 0 Å². The van der Waals surface area contributed by atoms with Gasteiger partial charge in [0.25, 0.3) is 12.3 Å². The van der Waals surface area contributed by atoms with Gasteiger partial charge in [-0.15, -0.1) is 0 Å². The molecule has 1 amide bonds. The number of hydrogen-bond acceptors (Lipinski definition) is 8. The van der Waals surface area contributed by atoms with Crippen LogP contribution in [0, 0.1) is 24.1 Å². The highest BCUT2D eigenvalue weighted by atomic mass is 19.3. The largest absolute Gasteiger partial charge is 0.365 e. The monoisotopic (exact) mass is 505 g/mol. The van der Waals surface area contributed by atoms with Gasteiger partial charge in [0, 0.05) is 12.7 Å². The van der Waals surface area contributed by atoms with E-state index in [0.29, 0.717) is 12.8 Å². The van der Waals surface area contributed by atoms with Gasteiger partial charge >= 0.3 is 0 Å². The van der Waals surface area contributed by atoms with Crippen LogP contribution in [0.2, 0.25) is 0 Å². The van der Waals surface area contributed by atoms with Crippen LogP contribution in [0.3, 0.4) is 0 Å². The highest BCUT2D eigenvalue weighted by molar-refractivity contribution is 5.84. The van der Waals surface area contributed by atoms with Gasteiger partial charge in [-0.05, 0) is 26.7 Å². The molecule has 1 aromatic carbocycles. The summed E-state index contributed by atoms with van der Waals surface area (Å²) in [6.45, 7) is 3.74. The summed E-state index contributed by atoms with van der Waals surface area (Å²) in [5.74, 6) is -1.15. The number of amides is 1. The number of nitrogens with one attached hydrogen (secondary N) is 2. The number of halogens is 3. The number of rotatable bonds is 9. The molecule has 4 rings (SSSR count). The molecule has 36 heavy (non-hydrogen) atoms. The van der Waals surface area contributed by atoms with Crippen LogP contribution in [-0.2, 0) is 19.0 Å². The molecule has 2 aliphatic rings. The predicted molar refractivity (Wildman–Crippen MR) is 120 cm³/mol. The van der Waals surface area contributed by atoms with E-state index in [0.717, 1.165) is 6.07 Å². The standard InChI is InChI=1S/C24H26F3N5O4/c1-12(14-5-4-6-15(17(14)25)20(26)27)29-21-16(23-35-9-10-36-23)18(30-13(2)31-21)19(34-3)22(33)32-24(11-28)7-8-24/h4-6,12,19-20,23H,7-10H2,1-3H3,(H,32,33)(H,29,30,31)/t12-,19?/m1/s1. The van der Waals surface area contributed by atoms with Gasteiger partial charge in [0.15, 0.2) is 12.4 Å². The Labute approximate surface area is 206 Å². The highest BCUT2D eigenvalue weighted by Crippen LogP contribution is 2.39. The summed E-state index contributed by atoms with van der Waals surface area (Å²) in [5, 5.41) is 15.1. The van der Waals surface area contributed by atoms with E-state index in [-0.39, 0.29) is 41.7 Å². The SMILES string of the molecule is COC(C(=O)NC1(C#N)CC1)c1nc(C)nc(N[C@H](C)c2cccc(C(F)F)c2F)c1C1OCCO1. The Balaban J connectivity index is 1.74. The average molecular weight is 505 g/mol. The Kier molecular flexibility index (Phi) is 7.44. The lowest BCUT2D eigenvalue weighted by Crippen LogP contribution is -2.40. The maximum Gasteiger partial charge on any atom is 0.266 e. The van der Waals surface area contributed by atoms with Crippen LogP contribution >= 0.6 is 0 Å². The van der Waals surface area contributed by atoms with Crippen LogP contribution < -0.4 is 10.6 Å². The van der Waals surface area contributed by atoms with Crippen LogP contribution in [0.15, 0.2) is 18.2 Å². The van der Waals surface area contributed by atoms with Crippen molar-refractivity contribution < 1.29 is 32.2 Å². The summed E-state index contributed by atoms with van der Waals surface area (Å²) >= 11 is 0. The normalized spacial score (nSPS) is 18.5. The number of ether oxygens (including phenoxy) is 3. The Bertz CT molecular complexity index is 1180. The number of nitrogens with zero attached hydrogens (tertiary/aromatic N) is 3. The van der Waals surface area contributed by atoms with Crippen LogP contribution in [0.1, 0.15) is 72.8 Å². The molecule has 2 atom stereocenters. The molecule has 0 radical (unpaired) electrons. The lowest BCUT2D eigenvalue weighted by atomic mass is 10.0. The summed E-state index contributed by atoms with van der Waals surface area (Å²) < 4.78 is 58.1. The zero-order valence-electron chi connectivity index (χ0n) is 20.0. The Morgan fingerprint density at radius 2 is 1.92 bits per heavy atom. The second-order valence-corrected chi connectivity index (χ2v) is 8.71. The summed E-state index contributed by atoms with van der Waals surface area (Å²) in [5.41, 5.74) is -1.21. The fourth-order valence-corrected chi connectivity index (χ4v) is 4.06. The van der Waals surface area contributed by atoms with E-state index in [9.17, 15) is 23.2 Å². The van der Waals surface area contributed by atoms with Gasteiger partial charge in [0.05, 0.1) is 42.1 Å². The molecular formula is C24H26F3N5O4. The molecule has 1 aliphatic heterocycles. The Morgan fingerprint density at radius 3 is 2.50 bits per heavy atom. The van der Waals surface area contributed by atoms with Gasteiger partial charge in [-0.3, -0.25) is 4.79 Å². The molecule has 1 saturated carbocycles. The fourth-order valence-electron chi connectivity index (χ4n) is 4.06. The molecule has 1 saturated heterocycles. The third-order valence-corrected chi connectivity index (χ3v) is 6.11. The zero-order chi connectivity index (χ0) is 26.0. The van der Waals surface area contributed by atoms with Gasteiger partial charge in [0.2, 0.25) is 0 Å². The topological polar surface area (TPSA) is 118 Å². The van der Waals surface area contributed by atoms with Crippen LogP contribution in [-0.4, -0.2) is 41.7 Å². The van der Waals surface area contributed by atoms with Gasteiger partial charge in [-0.2, -0.15) is 5.26 Å². The summed E-state index contributed by atoms with van der Waals surface area (Å²) in [7, 11) is 1.33. The minimum absolute atomic E-state index is 0.00977. The second kappa shape index (κ2) is 10.4. The number of alkyl halides is 2. The number of hydrogen-bond donors (Lipinski definition) is 2. The third kappa shape index (κ3) is 5.13. The summed E-state index contributed by atoms with van der Waals surface area (Å²) in [6, 6.07) is 5.09. The Morgan fingerprint density at radius 1 is 1.25 bits per heavy atom. The van der Waals surface area contributed by atoms with Crippen molar-refractivity contribution in [1.29, 1.82) is 5.26 Å². The summed E-state index contributed by atoms with van der Waals surface area (Å²) in [4.78, 5) is 21.9. The number of nitriles is 1. The van der Waals surface area contributed by atoms with E-state index in [4.69, 9.17) is 14.2 Å². The third-order valence-electron chi connectivity index (χ3n) is 6.11. The van der Waals surface area contributed by atoms with E-state index in [2.05, 4.69) is 26.7 Å². The second-order valence-electron chi connectivity index (χ2n) is 8.71. The average Bonchev–Trinajstić information content (AvgIpc) is 3.39. The lowest BCUT2D eigenvalue weighted by molar-refractivity contribution is -0.132. The van der Waals surface area contributed by atoms with Crippen molar-refractivity contribution in [2.75, 3.05) is 25.6 Å². The number of anilines is 1. The molecule has 1 aromatic heterocycles. The van der Waals surface area contributed by atoms with Crippen molar-refractivity contribution in [3.8, 4) is 6.07 Å². The first-order chi connectivity index (χ1) is 17.2. The Hall–Kier alpha value is -3.27. The lowest BCUT2D eigenvalue weighted by Gasteiger charge is -2.25. The van der Waals surface area contributed by atoms with Crippen LogP contribution in [0.4, 0.5) is 19.0 Å². The first-order valence-electron chi connectivity index (χ1n) is 11.4. The quantitative estimate of drug-likeness (QED) is 0.526. The molecule has 1 aliphatic carbocycles. The molecule has 2 aromatic rings. The number of aryl methyl sites for hydroxylation is 1. The zero-order valence-corrected chi connectivity index (χ0v) is 20.0. The van der Waals surface area contributed by atoms with Crippen molar-refractivity contribution in [1.82, 2.24) is 15.3 Å². The minimum atomic E-state index is -2.97. The van der Waals surface area contributed by atoms with E-state index in [1.54, 1.807) is 13.8 Å². The summed E-state index contributed by atoms with van der Waals surface area (Å²) in [6.07, 6.45) is -4.09. The molecule has 2 heterocycles. The van der Waals surface area contributed by atoms with E-state index in [1.165, 1.54) is 19.2 Å². The molecule has 9 nitrogen and oxygen atoms in total. The molecule has 2 fully saturated rings. The van der Waals surface area contributed by atoms with Crippen molar-refractivity contribution in [3.05, 3.63) is 52.2 Å².